The first kappa shape index (κ1) is 14.9. The number of carbonyl (C=O) groups is 1. The third kappa shape index (κ3) is 4.23. The van der Waals surface area contributed by atoms with E-state index in [1.54, 1.807) is 0 Å². The second kappa shape index (κ2) is 6.75. The predicted octanol–water partition coefficient (Wildman–Crippen LogP) is 2.32. The highest BCUT2D eigenvalue weighted by Crippen LogP contribution is 2.26. The molecule has 0 radical (unpaired) electrons. The van der Waals surface area contributed by atoms with E-state index in [1.807, 2.05) is 12.1 Å². The number of benzene rings is 1. The molecule has 1 aliphatic carbocycles. The summed E-state index contributed by atoms with van der Waals surface area (Å²) in [7, 11) is 0. The minimum atomic E-state index is -0.0323. The standard InChI is InChI=1S/C16H24N2O2/c1-4-17-12(3)14-9-11(2)5-8-15(14)20-10-16(19)18-13-6-7-13/h5,8-9,12-13,17H,4,6-7,10H2,1-3H3,(H,18,19). The number of aryl methyl sites for hydroxylation is 1. The SMILES string of the molecule is CCNC(C)c1cc(C)ccc1OCC(=O)NC1CC1. The van der Waals surface area contributed by atoms with E-state index in [2.05, 4.69) is 37.5 Å². The van der Waals surface area contributed by atoms with Crippen molar-refractivity contribution in [3.05, 3.63) is 29.3 Å². The maximum Gasteiger partial charge on any atom is 0.258 e. The van der Waals surface area contributed by atoms with Crippen molar-refractivity contribution in [1.29, 1.82) is 0 Å². The van der Waals surface area contributed by atoms with Gasteiger partial charge in [-0.25, -0.2) is 0 Å². The Balaban J connectivity index is 1.99. The summed E-state index contributed by atoms with van der Waals surface area (Å²) in [5.41, 5.74) is 2.30. The maximum absolute atomic E-state index is 11.7. The average molecular weight is 276 g/mol. The Labute approximate surface area is 120 Å². The van der Waals surface area contributed by atoms with E-state index in [0.29, 0.717) is 6.04 Å². The zero-order valence-electron chi connectivity index (χ0n) is 12.5. The van der Waals surface area contributed by atoms with Gasteiger partial charge >= 0.3 is 0 Å². The Hall–Kier alpha value is -1.55. The van der Waals surface area contributed by atoms with Gasteiger partial charge in [0.2, 0.25) is 0 Å². The second-order valence-electron chi connectivity index (χ2n) is 5.45. The Morgan fingerprint density at radius 3 is 2.85 bits per heavy atom. The summed E-state index contributed by atoms with van der Waals surface area (Å²) in [4.78, 5) is 11.7. The number of nitrogens with one attached hydrogen (secondary N) is 2. The van der Waals surface area contributed by atoms with Gasteiger partial charge < -0.3 is 15.4 Å². The lowest BCUT2D eigenvalue weighted by Crippen LogP contribution is -2.30. The largest absolute Gasteiger partial charge is 0.483 e. The predicted molar refractivity (Wildman–Crippen MR) is 79.9 cm³/mol. The van der Waals surface area contributed by atoms with Crippen LogP contribution in [0.5, 0.6) is 5.75 Å². The molecule has 110 valence electrons. The molecule has 0 spiro atoms. The fraction of sp³-hybridized carbons (Fsp3) is 0.562. The van der Waals surface area contributed by atoms with Gasteiger partial charge in [-0.15, -0.1) is 0 Å². The lowest BCUT2D eigenvalue weighted by Gasteiger charge is -2.18. The summed E-state index contributed by atoms with van der Waals surface area (Å²) >= 11 is 0. The van der Waals surface area contributed by atoms with E-state index >= 15 is 0 Å². The molecule has 0 saturated heterocycles. The molecule has 1 aromatic rings. The molecule has 1 aromatic carbocycles. The Kier molecular flexibility index (Phi) is 5.01. The van der Waals surface area contributed by atoms with Crippen LogP contribution in [0.3, 0.4) is 0 Å². The molecule has 2 N–H and O–H groups in total. The Morgan fingerprint density at radius 2 is 2.20 bits per heavy atom. The molecular formula is C16H24N2O2. The first-order chi connectivity index (χ1) is 9.60. The molecule has 0 aromatic heterocycles. The van der Waals surface area contributed by atoms with Crippen LogP contribution in [0.15, 0.2) is 18.2 Å². The molecule has 1 atom stereocenters. The van der Waals surface area contributed by atoms with E-state index in [9.17, 15) is 4.79 Å². The fourth-order valence-electron chi connectivity index (χ4n) is 2.19. The first-order valence-electron chi connectivity index (χ1n) is 7.36. The fourth-order valence-corrected chi connectivity index (χ4v) is 2.19. The molecule has 1 aliphatic rings. The summed E-state index contributed by atoms with van der Waals surface area (Å²) in [6.45, 7) is 7.24. The van der Waals surface area contributed by atoms with Crippen molar-refractivity contribution in [2.45, 2.75) is 45.7 Å². The van der Waals surface area contributed by atoms with Crippen molar-refractivity contribution in [2.24, 2.45) is 0 Å². The monoisotopic (exact) mass is 276 g/mol. The van der Waals surface area contributed by atoms with Crippen molar-refractivity contribution in [2.75, 3.05) is 13.2 Å². The Morgan fingerprint density at radius 1 is 1.45 bits per heavy atom. The molecule has 1 fully saturated rings. The summed E-state index contributed by atoms with van der Waals surface area (Å²) in [6, 6.07) is 6.66. The smallest absolute Gasteiger partial charge is 0.258 e. The topological polar surface area (TPSA) is 50.4 Å². The Bertz CT molecular complexity index is 470. The molecular weight excluding hydrogens is 252 g/mol. The van der Waals surface area contributed by atoms with E-state index in [0.717, 1.165) is 30.7 Å². The molecule has 4 nitrogen and oxygen atoms in total. The van der Waals surface area contributed by atoms with Crippen molar-refractivity contribution in [3.63, 3.8) is 0 Å². The van der Waals surface area contributed by atoms with E-state index < -0.39 is 0 Å². The van der Waals surface area contributed by atoms with Gasteiger partial charge in [0.05, 0.1) is 0 Å². The molecule has 0 bridgehead atoms. The normalized spacial score (nSPS) is 15.8. The van der Waals surface area contributed by atoms with Gasteiger partial charge in [0.15, 0.2) is 6.61 Å². The summed E-state index contributed by atoms with van der Waals surface area (Å²) in [6.07, 6.45) is 2.19. The quantitative estimate of drug-likeness (QED) is 0.803. The molecule has 1 amide bonds. The lowest BCUT2D eigenvalue weighted by atomic mass is 10.0. The van der Waals surface area contributed by atoms with Gasteiger partial charge in [-0.3, -0.25) is 4.79 Å². The van der Waals surface area contributed by atoms with Crippen molar-refractivity contribution in [3.8, 4) is 5.75 Å². The van der Waals surface area contributed by atoms with Gasteiger partial charge in [-0.1, -0.05) is 24.6 Å². The van der Waals surface area contributed by atoms with Gasteiger partial charge in [0.25, 0.3) is 5.91 Å². The molecule has 20 heavy (non-hydrogen) atoms. The average Bonchev–Trinajstić information content (AvgIpc) is 3.21. The van der Waals surface area contributed by atoms with Crippen molar-refractivity contribution < 1.29 is 9.53 Å². The van der Waals surface area contributed by atoms with Gasteiger partial charge in [-0.2, -0.15) is 0 Å². The first-order valence-corrected chi connectivity index (χ1v) is 7.36. The molecule has 0 aliphatic heterocycles. The summed E-state index contributed by atoms with van der Waals surface area (Å²) in [5, 5.41) is 6.31. The summed E-state index contributed by atoms with van der Waals surface area (Å²) in [5.74, 6) is 0.755. The van der Waals surface area contributed by atoms with Crippen LogP contribution in [0.2, 0.25) is 0 Å². The molecule has 1 unspecified atom stereocenters. The molecule has 1 saturated carbocycles. The highest BCUT2D eigenvalue weighted by atomic mass is 16.5. The lowest BCUT2D eigenvalue weighted by molar-refractivity contribution is -0.123. The van der Waals surface area contributed by atoms with Gasteiger partial charge in [-0.05, 0) is 39.3 Å². The van der Waals surface area contributed by atoms with E-state index in [4.69, 9.17) is 4.74 Å². The van der Waals surface area contributed by atoms with Crippen LogP contribution < -0.4 is 15.4 Å². The third-order valence-electron chi connectivity index (χ3n) is 3.44. The zero-order valence-corrected chi connectivity index (χ0v) is 12.5. The number of rotatable bonds is 7. The number of carbonyl (C=O) groups excluding carboxylic acids is 1. The van der Waals surface area contributed by atoms with Crippen LogP contribution in [0.25, 0.3) is 0 Å². The number of ether oxygens (including phenoxy) is 1. The van der Waals surface area contributed by atoms with Crippen molar-refractivity contribution >= 4 is 5.91 Å². The number of hydrogen-bond acceptors (Lipinski definition) is 3. The minimum Gasteiger partial charge on any atom is -0.483 e. The van der Waals surface area contributed by atoms with Crippen LogP contribution in [0.4, 0.5) is 0 Å². The summed E-state index contributed by atoms with van der Waals surface area (Å²) < 4.78 is 5.70. The third-order valence-corrected chi connectivity index (χ3v) is 3.44. The van der Waals surface area contributed by atoms with Crippen LogP contribution in [-0.2, 0) is 4.79 Å². The molecule has 2 rings (SSSR count). The van der Waals surface area contributed by atoms with Gasteiger partial charge in [0.1, 0.15) is 5.75 Å². The number of hydrogen-bond donors (Lipinski definition) is 2. The van der Waals surface area contributed by atoms with Gasteiger partial charge in [0, 0.05) is 17.6 Å². The van der Waals surface area contributed by atoms with Crippen LogP contribution in [-0.4, -0.2) is 25.1 Å². The maximum atomic E-state index is 11.7. The van der Waals surface area contributed by atoms with Crippen LogP contribution in [0.1, 0.15) is 43.9 Å². The number of amides is 1. The van der Waals surface area contributed by atoms with E-state index in [-0.39, 0.29) is 18.6 Å². The molecule has 4 heteroatoms. The minimum absolute atomic E-state index is 0.0323. The second-order valence-corrected chi connectivity index (χ2v) is 5.45. The van der Waals surface area contributed by atoms with E-state index in [1.165, 1.54) is 5.56 Å². The highest BCUT2D eigenvalue weighted by Gasteiger charge is 2.23. The zero-order chi connectivity index (χ0) is 14.5. The van der Waals surface area contributed by atoms with Crippen LogP contribution >= 0.6 is 0 Å². The molecule has 0 heterocycles. The van der Waals surface area contributed by atoms with Crippen LogP contribution in [0, 0.1) is 6.92 Å². The highest BCUT2D eigenvalue weighted by molar-refractivity contribution is 5.78. The van der Waals surface area contributed by atoms with Crippen molar-refractivity contribution in [1.82, 2.24) is 10.6 Å².